The molecule has 0 aromatic carbocycles. The first-order chi connectivity index (χ1) is 10.8. The van der Waals surface area contributed by atoms with Crippen molar-refractivity contribution in [1.82, 2.24) is 26.0 Å². The second-order valence-corrected chi connectivity index (χ2v) is 7.27. The third-order valence-corrected chi connectivity index (χ3v) is 4.81. The van der Waals surface area contributed by atoms with Crippen molar-refractivity contribution in [2.45, 2.75) is 44.6 Å². The van der Waals surface area contributed by atoms with Gasteiger partial charge in [-0.1, -0.05) is 6.92 Å². The van der Waals surface area contributed by atoms with Crippen LogP contribution in [-0.2, 0) is 4.79 Å². The molecule has 0 unspecified atom stereocenters. The van der Waals surface area contributed by atoms with Gasteiger partial charge in [0.2, 0.25) is 0 Å². The lowest BCUT2D eigenvalue weighted by Crippen LogP contribution is -2.53. The molecule has 0 aromatic rings. The second kappa shape index (κ2) is 7.44. The first-order valence-electron chi connectivity index (χ1n) is 8.20. The smallest absolute Gasteiger partial charge is 0.344 e. The quantitative estimate of drug-likeness (QED) is 0.390. The van der Waals surface area contributed by atoms with Crippen LogP contribution in [0.3, 0.4) is 0 Å². The number of nitrogens with zero attached hydrogens (tertiary/aromatic N) is 2. The van der Waals surface area contributed by atoms with Crippen molar-refractivity contribution in [1.29, 1.82) is 0 Å². The molecule has 1 saturated carbocycles. The molecule has 2 aliphatic rings. The van der Waals surface area contributed by atoms with Crippen molar-refractivity contribution in [3.8, 4) is 0 Å². The van der Waals surface area contributed by atoms with Gasteiger partial charge in [-0.25, -0.2) is 4.79 Å². The van der Waals surface area contributed by atoms with Crippen molar-refractivity contribution >= 4 is 29.3 Å². The molecule has 23 heavy (non-hydrogen) atoms. The van der Waals surface area contributed by atoms with Gasteiger partial charge < -0.3 is 15.5 Å². The molecule has 7 nitrogen and oxygen atoms in total. The Morgan fingerprint density at radius 2 is 2.04 bits per heavy atom. The predicted molar refractivity (Wildman–Crippen MR) is 92.6 cm³/mol. The maximum absolute atomic E-state index is 12.6. The van der Waals surface area contributed by atoms with Crippen LogP contribution < -0.4 is 16.1 Å². The molecule has 1 spiro atoms. The molecule has 1 aliphatic carbocycles. The SMILES string of the molecule is CC1CCC2(CC1)NC(=O)N(NC(=S)NCCCN(C)C)C2=O. The molecule has 0 bridgehead atoms. The molecule has 130 valence electrons. The van der Waals surface area contributed by atoms with E-state index >= 15 is 0 Å². The molecule has 3 amide bonds. The van der Waals surface area contributed by atoms with E-state index in [0.717, 1.165) is 30.8 Å². The van der Waals surface area contributed by atoms with Crippen LogP contribution in [0.4, 0.5) is 4.79 Å². The van der Waals surface area contributed by atoms with Gasteiger partial charge in [-0.05, 0) is 70.9 Å². The minimum atomic E-state index is -0.739. The summed E-state index contributed by atoms with van der Waals surface area (Å²) in [5.74, 6) is 0.388. The number of amides is 3. The normalized spacial score (nSPS) is 27.5. The monoisotopic (exact) mass is 341 g/mol. The van der Waals surface area contributed by atoms with E-state index in [2.05, 4.69) is 27.9 Å². The van der Waals surface area contributed by atoms with Gasteiger partial charge in [0.15, 0.2) is 5.11 Å². The Labute approximate surface area is 143 Å². The number of thiocarbonyl (C=S) groups is 1. The van der Waals surface area contributed by atoms with Gasteiger partial charge in [-0.15, -0.1) is 0 Å². The highest BCUT2D eigenvalue weighted by atomic mass is 32.1. The minimum absolute atomic E-state index is 0.216. The topological polar surface area (TPSA) is 76.7 Å². The van der Waals surface area contributed by atoms with Crippen molar-refractivity contribution in [2.24, 2.45) is 5.92 Å². The fourth-order valence-corrected chi connectivity index (χ4v) is 3.25. The van der Waals surface area contributed by atoms with Crippen molar-refractivity contribution < 1.29 is 9.59 Å². The van der Waals surface area contributed by atoms with Gasteiger partial charge in [0.1, 0.15) is 5.54 Å². The zero-order valence-corrected chi connectivity index (χ0v) is 15.0. The van der Waals surface area contributed by atoms with Crippen LogP contribution in [0.1, 0.15) is 39.0 Å². The molecular formula is C15H27N5O2S. The average molecular weight is 341 g/mol. The first-order valence-corrected chi connectivity index (χ1v) is 8.61. The molecule has 0 aromatic heterocycles. The highest BCUT2D eigenvalue weighted by Crippen LogP contribution is 2.35. The molecule has 1 saturated heterocycles. The molecular weight excluding hydrogens is 314 g/mol. The molecule has 1 aliphatic heterocycles. The van der Waals surface area contributed by atoms with Crippen LogP contribution in [-0.4, -0.2) is 59.7 Å². The summed E-state index contributed by atoms with van der Waals surface area (Å²) in [6.07, 6.45) is 4.22. The number of nitrogens with one attached hydrogen (secondary N) is 3. The van der Waals surface area contributed by atoms with Crippen LogP contribution >= 0.6 is 12.2 Å². The molecule has 0 atom stereocenters. The maximum Gasteiger partial charge on any atom is 0.344 e. The molecule has 2 fully saturated rings. The summed E-state index contributed by atoms with van der Waals surface area (Å²) >= 11 is 5.17. The third kappa shape index (κ3) is 4.32. The van der Waals surface area contributed by atoms with Gasteiger partial charge in [0, 0.05) is 6.54 Å². The van der Waals surface area contributed by atoms with Gasteiger partial charge in [-0.3, -0.25) is 10.2 Å². The highest BCUT2D eigenvalue weighted by molar-refractivity contribution is 7.80. The zero-order valence-electron chi connectivity index (χ0n) is 14.1. The Hall–Kier alpha value is -1.41. The Morgan fingerprint density at radius 1 is 1.39 bits per heavy atom. The van der Waals surface area contributed by atoms with Crippen LogP contribution in [0.25, 0.3) is 0 Å². The summed E-state index contributed by atoms with van der Waals surface area (Å²) in [6, 6.07) is -0.415. The number of hydrazine groups is 1. The van der Waals surface area contributed by atoms with E-state index in [-0.39, 0.29) is 5.91 Å². The second-order valence-electron chi connectivity index (χ2n) is 6.86. The molecule has 3 N–H and O–H groups in total. The van der Waals surface area contributed by atoms with E-state index in [1.54, 1.807) is 0 Å². The predicted octanol–water partition coefficient (Wildman–Crippen LogP) is 0.818. The van der Waals surface area contributed by atoms with Crippen LogP contribution in [0.15, 0.2) is 0 Å². The molecule has 0 radical (unpaired) electrons. The molecule has 2 rings (SSSR count). The standard InChI is InChI=1S/C15H27N5O2S/c1-11-5-7-15(8-6-11)12(21)20(14(22)17-15)18-13(23)16-9-4-10-19(2)3/h11H,4-10H2,1-3H3,(H,17,22)(H2,16,18,23). The van der Waals surface area contributed by atoms with E-state index in [1.165, 1.54) is 0 Å². The molecule has 1 heterocycles. The summed E-state index contributed by atoms with van der Waals surface area (Å²) < 4.78 is 0. The Bertz CT molecular complexity index is 474. The zero-order chi connectivity index (χ0) is 17.0. The Kier molecular flexibility index (Phi) is 5.80. The van der Waals surface area contributed by atoms with E-state index in [4.69, 9.17) is 12.2 Å². The lowest BCUT2D eigenvalue weighted by atomic mass is 9.77. The summed E-state index contributed by atoms with van der Waals surface area (Å²) in [5, 5.41) is 7.21. The number of urea groups is 1. The number of imide groups is 1. The van der Waals surface area contributed by atoms with Crippen LogP contribution in [0.2, 0.25) is 0 Å². The minimum Gasteiger partial charge on any atom is -0.361 e. The fraction of sp³-hybridized carbons (Fsp3) is 0.800. The van der Waals surface area contributed by atoms with Crippen LogP contribution in [0, 0.1) is 5.92 Å². The number of carbonyl (C=O) groups is 2. The molecule has 8 heteroatoms. The summed E-state index contributed by atoms with van der Waals surface area (Å²) in [4.78, 5) is 26.9. The number of hydrogen-bond acceptors (Lipinski definition) is 4. The van der Waals surface area contributed by atoms with Crippen molar-refractivity contribution in [3.63, 3.8) is 0 Å². The lowest BCUT2D eigenvalue weighted by molar-refractivity contribution is -0.133. The van der Waals surface area contributed by atoms with Crippen molar-refractivity contribution in [3.05, 3.63) is 0 Å². The lowest BCUT2D eigenvalue weighted by Gasteiger charge is -2.33. The van der Waals surface area contributed by atoms with E-state index in [1.807, 2.05) is 14.1 Å². The number of rotatable bonds is 5. The fourth-order valence-electron chi connectivity index (χ4n) is 3.05. The van der Waals surface area contributed by atoms with E-state index in [0.29, 0.717) is 30.4 Å². The Morgan fingerprint density at radius 3 is 2.65 bits per heavy atom. The van der Waals surface area contributed by atoms with Crippen LogP contribution in [0.5, 0.6) is 0 Å². The largest absolute Gasteiger partial charge is 0.361 e. The Balaban J connectivity index is 1.84. The maximum atomic E-state index is 12.6. The van der Waals surface area contributed by atoms with Gasteiger partial charge in [0.05, 0.1) is 0 Å². The van der Waals surface area contributed by atoms with Gasteiger partial charge in [-0.2, -0.15) is 5.01 Å². The highest BCUT2D eigenvalue weighted by Gasteiger charge is 2.52. The van der Waals surface area contributed by atoms with Crippen molar-refractivity contribution in [2.75, 3.05) is 27.2 Å². The summed E-state index contributed by atoms with van der Waals surface area (Å²) in [7, 11) is 4.02. The van der Waals surface area contributed by atoms with Gasteiger partial charge >= 0.3 is 6.03 Å². The summed E-state index contributed by atoms with van der Waals surface area (Å²) in [6.45, 7) is 3.81. The third-order valence-electron chi connectivity index (χ3n) is 4.57. The van der Waals surface area contributed by atoms with Gasteiger partial charge in [0.25, 0.3) is 5.91 Å². The van der Waals surface area contributed by atoms with E-state index < -0.39 is 11.6 Å². The number of carbonyl (C=O) groups excluding carboxylic acids is 2. The first kappa shape index (κ1) is 17.9. The average Bonchev–Trinajstić information content (AvgIpc) is 2.71. The summed E-state index contributed by atoms with van der Waals surface area (Å²) in [5.41, 5.74) is 1.99. The number of hydrogen-bond donors (Lipinski definition) is 3. The van der Waals surface area contributed by atoms with E-state index in [9.17, 15) is 9.59 Å².